The molecule has 2 aromatic heterocycles. The molecule has 1 atom stereocenters. The first-order chi connectivity index (χ1) is 12.2. The second kappa shape index (κ2) is 5.28. The number of hydrogen-bond acceptors (Lipinski definition) is 4. The molecule has 124 valence electrons. The van der Waals surface area contributed by atoms with E-state index in [0.29, 0.717) is 10.7 Å². The highest BCUT2D eigenvalue weighted by atomic mass is 35.5. The number of rotatable bonds is 4. The Kier molecular flexibility index (Phi) is 2.94. The van der Waals surface area contributed by atoms with E-state index in [1.165, 1.54) is 6.92 Å². The second-order valence-electron chi connectivity index (χ2n) is 6.41. The Morgan fingerprint density at radius 2 is 2.00 bits per heavy atom. The first-order valence-corrected chi connectivity index (χ1v) is 8.10. The third kappa shape index (κ3) is 2.24. The zero-order valence-electron chi connectivity index (χ0n) is 15.1. The number of nitrogens with zero attached hydrogens (tertiary/aromatic N) is 3. The summed E-state index contributed by atoms with van der Waals surface area (Å²) in [6.07, 6.45) is 3.61. The lowest BCUT2D eigenvalue weighted by Gasteiger charge is -2.21. The molecule has 1 unspecified atom stereocenters. The summed E-state index contributed by atoms with van der Waals surface area (Å²) in [6, 6.07) is 10.9. The van der Waals surface area contributed by atoms with Gasteiger partial charge in [-0.1, -0.05) is 29.8 Å². The van der Waals surface area contributed by atoms with Crippen LogP contribution in [-0.2, 0) is 11.0 Å². The molecule has 1 saturated carbocycles. The molecule has 0 bridgehead atoms. The van der Waals surface area contributed by atoms with Gasteiger partial charge in [-0.3, -0.25) is 4.40 Å². The monoisotopic (exact) mass is 346 g/mol. The van der Waals surface area contributed by atoms with Crippen molar-refractivity contribution in [2.75, 3.05) is 6.56 Å². The van der Waals surface area contributed by atoms with Crippen molar-refractivity contribution in [2.45, 2.75) is 30.8 Å². The van der Waals surface area contributed by atoms with Gasteiger partial charge >= 0.3 is 0 Å². The molecule has 0 radical (unpaired) electrons. The fraction of sp³-hybridized carbons (Fsp3) is 0.333. The Hall–Kier alpha value is -1.95. The van der Waals surface area contributed by atoms with Crippen molar-refractivity contribution in [1.82, 2.24) is 14.6 Å². The van der Waals surface area contributed by atoms with Crippen LogP contribution in [0.1, 0.15) is 39.5 Å². The van der Waals surface area contributed by atoms with Crippen LogP contribution in [0.25, 0.3) is 5.65 Å². The topological polar surface area (TPSA) is 70.7 Å². The lowest BCUT2D eigenvalue weighted by Crippen LogP contribution is -2.26. The second-order valence-corrected chi connectivity index (χ2v) is 6.85. The summed E-state index contributed by atoms with van der Waals surface area (Å²) in [5, 5.41) is 29.5. The first-order valence-electron chi connectivity index (χ1n) is 8.72. The van der Waals surface area contributed by atoms with E-state index < -0.39 is 12.2 Å². The van der Waals surface area contributed by atoms with Crippen molar-refractivity contribution in [3.63, 3.8) is 0 Å². The minimum absolute atomic E-state index is 0.179. The van der Waals surface area contributed by atoms with E-state index in [4.69, 9.17) is 14.3 Å². The first kappa shape index (κ1) is 13.4. The number of pyridine rings is 1. The number of benzene rings is 1. The van der Waals surface area contributed by atoms with E-state index in [1.807, 2.05) is 24.3 Å². The van der Waals surface area contributed by atoms with Gasteiger partial charge in [0.2, 0.25) is 0 Å². The lowest BCUT2D eigenvalue weighted by atomic mass is 9.95. The fourth-order valence-corrected chi connectivity index (χ4v) is 3.34. The van der Waals surface area contributed by atoms with Gasteiger partial charge in [0.25, 0.3) is 0 Å². The SMILES string of the molecule is [2H][13C]([2H])(O)C(C)(O)c1cccn2c(C3(c4ccc(Cl)cc4)CC3)nnc12. The zero-order valence-corrected chi connectivity index (χ0v) is 13.8. The predicted octanol–water partition coefficient (Wildman–Crippen LogP) is 2.66. The molecular weight excluding hydrogens is 327 g/mol. The average Bonchev–Trinajstić information content (AvgIpc) is 3.26. The van der Waals surface area contributed by atoms with Gasteiger partial charge in [-0.05, 0) is 43.5 Å². The fourth-order valence-electron chi connectivity index (χ4n) is 3.22. The molecule has 1 aliphatic rings. The summed E-state index contributed by atoms with van der Waals surface area (Å²) in [4.78, 5) is 0. The highest BCUT2D eigenvalue weighted by molar-refractivity contribution is 6.30. The number of hydrogen-bond donors (Lipinski definition) is 2. The van der Waals surface area contributed by atoms with E-state index in [0.717, 1.165) is 24.2 Å². The third-order valence-corrected chi connectivity index (χ3v) is 5.00. The van der Waals surface area contributed by atoms with Gasteiger partial charge in [0.15, 0.2) is 5.65 Å². The Bertz CT molecular complexity index is 976. The summed E-state index contributed by atoms with van der Waals surface area (Å²) in [5.74, 6) is 0.728. The molecule has 0 aliphatic heterocycles. The predicted molar refractivity (Wildman–Crippen MR) is 91.1 cm³/mol. The maximum Gasteiger partial charge on any atom is 0.167 e. The molecule has 24 heavy (non-hydrogen) atoms. The average molecular weight is 347 g/mol. The standard InChI is InChI=1S/C18H18ClN3O2/c1-17(24,11-23)14-3-2-10-22-15(14)20-21-16(22)18(8-9-18)12-4-6-13(19)7-5-12/h2-7,10,23-24H,8-9,11H2,1H3/i11+1D2. The van der Waals surface area contributed by atoms with Crippen LogP contribution in [0.3, 0.4) is 0 Å². The van der Waals surface area contributed by atoms with Gasteiger partial charge in [-0.25, -0.2) is 0 Å². The van der Waals surface area contributed by atoms with E-state index >= 15 is 0 Å². The molecule has 4 rings (SSSR count). The summed E-state index contributed by atoms with van der Waals surface area (Å²) < 4.78 is 16.9. The van der Waals surface area contributed by atoms with Crippen LogP contribution >= 0.6 is 11.6 Å². The van der Waals surface area contributed by atoms with Gasteiger partial charge < -0.3 is 10.2 Å². The summed E-state index contributed by atoms with van der Waals surface area (Å²) in [7, 11) is 0. The molecule has 1 aliphatic carbocycles. The zero-order chi connectivity index (χ0) is 18.7. The molecule has 0 amide bonds. The van der Waals surface area contributed by atoms with Crippen molar-refractivity contribution < 1.29 is 13.0 Å². The van der Waals surface area contributed by atoms with Crippen LogP contribution in [-0.4, -0.2) is 31.4 Å². The van der Waals surface area contributed by atoms with E-state index in [-0.39, 0.29) is 11.0 Å². The molecule has 5 nitrogen and oxygen atoms in total. The van der Waals surface area contributed by atoms with Crippen LogP contribution in [0.2, 0.25) is 5.02 Å². The molecule has 1 aromatic carbocycles. The van der Waals surface area contributed by atoms with Crippen molar-refractivity contribution in [3.05, 3.63) is 64.6 Å². The van der Waals surface area contributed by atoms with Crippen molar-refractivity contribution >= 4 is 17.2 Å². The van der Waals surface area contributed by atoms with E-state index in [2.05, 4.69) is 10.2 Å². The van der Waals surface area contributed by atoms with Gasteiger partial charge in [0.1, 0.15) is 11.4 Å². The van der Waals surface area contributed by atoms with Gasteiger partial charge in [-0.15, -0.1) is 10.2 Å². The molecule has 1 fully saturated rings. The number of halogens is 1. The van der Waals surface area contributed by atoms with E-state index in [1.54, 1.807) is 22.7 Å². The molecule has 2 heterocycles. The van der Waals surface area contributed by atoms with Crippen LogP contribution in [0.4, 0.5) is 0 Å². The largest absolute Gasteiger partial charge is 0.393 e. The maximum absolute atomic E-state index is 10.6. The Morgan fingerprint density at radius 1 is 1.29 bits per heavy atom. The van der Waals surface area contributed by atoms with Gasteiger partial charge in [-0.2, -0.15) is 0 Å². The van der Waals surface area contributed by atoms with Crippen LogP contribution in [0, 0.1) is 0 Å². The van der Waals surface area contributed by atoms with Crippen molar-refractivity contribution in [1.29, 1.82) is 0 Å². The third-order valence-electron chi connectivity index (χ3n) is 4.75. The number of aromatic nitrogens is 3. The molecule has 0 spiro atoms. The quantitative estimate of drug-likeness (QED) is 0.712. The Labute approximate surface area is 147 Å². The Balaban J connectivity index is 1.87. The molecule has 3 aromatic rings. The molecule has 2 N–H and O–H groups in total. The molecule has 0 saturated heterocycles. The highest BCUT2D eigenvalue weighted by Crippen LogP contribution is 2.53. The smallest absolute Gasteiger partial charge is 0.167 e. The summed E-state index contributed by atoms with van der Waals surface area (Å²) in [6.45, 7) is -1.60. The highest BCUT2D eigenvalue weighted by Gasteiger charge is 2.49. The Morgan fingerprint density at radius 3 is 2.62 bits per heavy atom. The molecule has 6 heteroatoms. The lowest BCUT2D eigenvalue weighted by molar-refractivity contribution is -0.00148. The van der Waals surface area contributed by atoms with Crippen molar-refractivity contribution in [3.8, 4) is 0 Å². The maximum atomic E-state index is 10.6. The van der Waals surface area contributed by atoms with Gasteiger partial charge in [0.05, 0.1) is 14.7 Å². The minimum atomic E-state index is -2.82. The van der Waals surface area contributed by atoms with Crippen LogP contribution in [0.15, 0.2) is 42.6 Å². The van der Waals surface area contributed by atoms with Gasteiger partial charge in [0, 0.05) is 16.8 Å². The minimum Gasteiger partial charge on any atom is -0.393 e. The van der Waals surface area contributed by atoms with E-state index in [9.17, 15) is 10.2 Å². The normalized spacial score (nSPS) is 20.3. The summed E-state index contributed by atoms with van der Waals surface area (Å²) >= 11 is 6.00. The van der Waals surface area contributed by atoms with Crippen LogP contribution in [0.5, 0.6) is 0 Å². The summed E-state index contributed by atoms with van der Waals surface area (Å²) in [5.41, 5.74) is -0.807. The van der Waals surface area contributed by atoms with Crippen LogP contribution < -0.4 is 0 Å². The number of aliphatic hydroxyl groups is 2. The van der Waals surface area contributed by atoms with Crippen molar-refractivity contribution in [2.24, 2.45) is 0 Å². The number of fused-ring (bicyclic) bond motifs is 1. The molecular formula is C18H18ClN3O2.